The number of amides is 1. The van der Waals surface area contributed by atoms with E-state index in [-0.39, 0.29) is 12.5 Å². The highest BCUT2D eigenvalue weighted by Gasteiger charge is 2.24. The van der Waals surface area contributed by atoms with Crippen molar-refractivity contribution < 1.29 is 4.79 Å². The zero-order chi connectivity index (χ0) is 14.8. The summed E-state index contributed by atoms with van der Waals surface area (Å²) in [6, 6.07) is 4.06. The van der Waals surface area contributed by atoms with E-state index in [2.05, 4.69) is 15.9 Å². The number of nitrogens with zero attached hydrogens (tertiary/aromatic N) is 3. The first-order chi connectivity index (χ1) is 10.2. The summed E-state index contributed by atoms with van der Waals surface area (Å²) < 4.78 is 2.10. The Morgan fingerprint density at radius 1 is 1.48 bits per heavy atom. The lowest BCUT2D eigenvalue weighted by Crippen LogP contribution is -2.41. The normalized spacial score (nSPS) is 16.4. The van der Waals surface area contributed by atoms with Crippen molar-refractivity contribution in [3.63, 3.8) is 0 Å². The Balaban J connectivity index is 1.80. The summed E-state index contributed by atoms with van der Waals surface area (Å²) in [4.78, 5) is 18.2. The first-order valence-electron chi connectivity index (χ1n) is 7.36. The molecule has 0 aliphatic carbocycles. The number of aromatic nitrogens is 2. The summed E-state index contributed by atoms with van der Waals surface area (Å²) in [7, 11) is 1.89. The van der Waals surface area contributed by atoms with Gasteiger partial charge in [0.05, 0.1) is 17.8 Å². The average molecular weight is 287 g/mol. The minimum atomic E-state index is 0.0400. The molecule has 112 valence electrons. The molecule has 1 amide bonds. The van der Waals surface area contributed by atoms with Gasteiger partial charge in [-0.15, -0.1) is 0 Å². The molecule has 3 heterocycles. The van der Waals surface area contributed by atoms with E-state index in [1.165, 1.54) is 0 Å². The molecule has 3 rings (SSSR count). The molecule has 0 unspecified atom stereocenters. The van der Waals surface area contributed by atoms with Crippen molar-refractivity contribution >= 4 is 17.2 Å². The molecule has 0 bridgehead atoms. The number of nitrogens with one attached hydrogen (secondary N) is 1. The molecule has 2 aromatic rings. The molecular weight excluding hydrogens is 266 g/mol. The zero-order valence-electron chi connectivity index (χ0n) is 12.2. The second-order valence-electron chi connectivity index (χ2n) is 5.42. The molecule has 0 atom stereocenters. The van der Waals surface area contributed by atoms with Crippen molar-refractivity contribution in [1.82, 2.24) is 14.3 Å². The number of piperidine rings is 1. The van der Waals surface area contributed by atoms with Crippen LogP contribution >= 0.6 is 0 Å². The lowest BCUT2D eigenvalue weighted by Gasteiger charge is -2.31. The molecule has 0 aromatic carbocycles. The maximum atomic E-state index is 11.6. The fourth-order valence-corrected chi connectivity index (χ4v) is 3.00. The Morgan fingerprint density at radius 3 is 2.90 bits per heavy atom. The van der Waals surface area contributed by atoms with E-state index in [4.69, 9.17) is 10.7 Å². The highest BCUT2D eigenvalue weighted by atomic mass is 16.2. The van der Waals surface area contributed by atoms with Crippen molar-refractivity contribution in [3.05, 3.63) is 30.2 Å². The van der Waals surface area contributed by atoms with Crippen LogP contribution in [0.1, 0.15) is 24.5 Å². The molecule has 1 aliphatic rings. The third-order valence-electron chi connectivity index (χ3n) is 4.21. The SMILES string of the molecule is CNc1nc(C2CCN(C(=O)CN)CC2)cn2cccc12. The minimum absolute atomic E-state index is 0.0400. The van der Waals surface area contributed by atoms with E-state index in [1.807, 2.05) is 30.3 Å². The van der Waals surface area contributed by atoms with Crippen LogP contribution in [-0.4, -0.2) is 46.9 Å². The molecule has 1 saturated heterocycles. The molecule has 1 fully saturated rings. The van der Waals surface area contributed by atoms with E-state index < -0.39 is 0 Å². The van der Waals surface area contributed by atoms with Gasteiger partial charge < -0.3 is 20.4 Å². The van der Waals surface area contributed by atoms with E-state index in [0.29, 0.717) is 5.92 Å². The van der Waals surface area contributed by atoms with Crippen LogP contribution in [0, 0.1) is 0 Å². The fourth-order valence-electron chi connectivity index (χ4n) is 3.00. The van der Waals surface area contributed by atoms with Crippen LogP contribution in [0.5, 0.6) is 0 Å². The van der Waals surface area contributed by atoms with Crippen molar-refractivity contribution in [3.8, 4) is 0 Å². The molecule has 0 radical (unpaired) electrons. The molecule has 6 nitrogen and oxygen atoms in total. The van der Waals surface area contributed by atoms with Gasteiger partial charge >= 0.3 is 0 Å². The fraction of sp³-hybridized carbons (Fsp3) is 0.467. The van der Waals surface area contributed by atoms with Crippen LogP contribution in [0.25, 0.3) is 5.52 Å². The number of anilines is 1. The molecule has 0 spiro atoms. The van der Waals surface area contributed by atoms with Crippen LogP contribution in [0.2, 0.25) is 0 Å². The number of rotatable bonds is 3. The van der Waals surface area contributed by atoms with E-state index >= 15 is 0 Å². The number of likely N-dealkylation sites (tertiary alicyclic amines) is 1. The molecule has 3 N–H and O–H groups in total. The van der Waals surface area contributed by atoms with Gasteiger partial charge in [0, 0.05) is 38.4 Å². The van der Waals surface area contributed by atoms with E-state index in [9.17, 15) is 4.79 Å². The molecule has 0 saturated carbocycles. The maximum absolute atomic E-state index is 11.6. The van der Waals surface area contributed by atoms with Gasteiger partial charge in [-0.2, -0.15) is 0 Å². The number of carbonyl (C=O) groups is 1. The molecule has 1 aliphatic heterocycles. The second-order valence-corrected chi connectivity index (χ2v) is 5.42. The second kappa shape index (κ2) is 5.73. The average Bonchev–Trinajstić information content (AvgIpc) is 3.01. The van der Waals surface area contributed by atoms with Crippen LogP contribution in [-0.2, 0) is 4.79 Å². The molecule has 2 aromatic heterocycles. The van der Waals surface area contributed by atoms with Gasteiger partial charge in [0.1, 0.15) is 5.82 Å². The number of nitrogens with two attached hydrogens (primary N) is 1. The lowest BCUT2D eigenvalue weighted by molar-refractivity contribution is -0.130. The topological polar surface area (TPSA) is 75.7 Å². The van der Waals surface area contributed by atoms with Gasteiger partial charge in [0.25, 0.3) is 0 Å². The number of fused-ring (bicyclic) bond motifs is 1. The highest BCUT2D eigenvalue weighted by Crippen LogP contribution is 2.28. The number of hydrogen-bond acceptors (Lipinski definition) is 4. The Hall–Kier alpha value is -2.08. The van der Waals surface area contributed by atoms with Gasteiger partial charge in [0.2, 0.25) is 5.91 Å². The van der Waals surface area contributed by atoms with Gasteiger partial charge in [0.15, 0.2) is 0 Å². The summed E-state index contributed by atoms with van der Waals surface area (Å²) >= 11 is 0. The van der Waals surface area contributed by atoms with E-state index in [0.717, 1.165) is 43.0 Å². The first kappa shape index (κ1) is 13.9. The Labute approximate surface area is 123 Å². The van der Waals surface area contributed by atoms with Gasteiger partial charge in [-0.25, -0.2) is 4.98 Å². The first-order valence-corrected chi connectivity index (χ1v) is 7.36. The monoisotopic (exact) mass is 287 g/mol. The summed E-state index contributed by atoms with van der Waals surface area (Å²) in [6.07, 6.45) is 6.01. The van der Waals surface area contributed by atoms with Crippen molar-refractivity contribution in [2.45, 2.75) is 18.8 Å². The van der Waals surface area contributed by atoms with Crippen molar-refractivity contribution in [2.24, 2.45) is 5.73 Å². The van der Waals surface area contributed by atoms with Gasteiger partial charge in [-0.05, 0) is 25.0 Å². The van der Waals surface area contributed by atoms with Crippen LogP contribution in [0.15, 0.2) is 24.5 Å². The summed E-state index contributed by atoms with van der Waals surface area (Å²) in [6.45, 7) is 1.63. The zero-order valence-corrected chi connectivity index (χ0v) is 12.2. The third kappa shape index (κ3) is 2.58. The summed E-state index contributed by atoms with van der Waals surface area (Å²) in [5.41, 5.74) is 7.59. The lowest BCUT2D eigenvalue weighted by atomic mass is 9.93. The Kier molecular flexibility index (Phi) is 3.79. The van der Waals surface area contributed by atoms with Crippen LogP contribution < -0.4 is 11.1 Å². The van der Waals surface area contributed by atoms with E-state index in [1.54, 1.807) is 0 Å². The van der Waals surface area contributed by atoms with Gasteiger partial charge in [-0.1, -0.05) is 0 Å². The molecule has 21 heavy (non-hydrogen) atoms. The Morgan fingerprint density at radius 2 is 2.24 bits per heavy atom. The Bertz CT molecular complexity index is 643. The quantitative estimate of drug-likeness (QED) is 0.884. The highest BCUT2D eigenvalue weighted by molar-refractivity contribution is 5.78. The van der Waals surface area contributed by atoms with Crippen molar-refractivity contribution in [2.75, 3.05) is 32.0 Å². The molecular formula is C15H21N5O. The van der Waals surface area contributed by atoms with Gasteiger partial charge in [-0.3, -0.25) is 4.79 Å². The standard InChI is InChI=1S/C15H21N5O/c1-17-15-13-3-2-6-20(13)10-12(18-15)11-4-7-19(8-5-11)14(21)9-16/h2-3,6,10-11H,4-5,7-9,16H2,1H3,(H,17,18). The summed E-state index contributed by atoms with van der Waals surface area (Å²) in [5, 5.41) is 3.16. The number of carbonyl (C=O) groups excluding carboxylic acids is 1. The van der Waals surface area contributed by atoms with Crippen LogP contribution in [0.4, 0.5) is 5.82 Å². The largest absolute Gasteiger partial charge is 0.371 e. The van der Waals surface area contributed by atoms with Crippen molar-refractivity contribution in [1.29, 1.82) is 0 Å². The number of hydrogen-bond donors (Lipinski definition) is 2. The maximum Gasteiger partial charge on any atom is 0.236 e. The smallest absolute Gasteiger partial charge is 0.236 e. The predicted octanol–water partition coefficient (Wildman–Crippen LogP) is 1.04. The third-order valence-corrected chi connectivity index (χ3v) is 4.21. The summed E-state index contributed by atoms with van der Waals surface area (Å²) in [5.74, 6) is 1.34. The minimum Gasteiger partial charge on any atom is -0.371 e. The van der Waals surface area contributed by atoms with Crippen LogP contribution in [0.3, 0.4) is 0 Å². The predicted molar refractivity (Wildman–Crippen MR) is 82.3 cm³/mol. The molecule has 6 heteroatoms.